The topological polar surface area (TPSA) is 119 Å². The summed E-state index contributed by atoms with van der Waals surface area (Å²) in [5.41, 5.74) is 1.38. The summed E-state index contributed by atoms with van der Waals surface area (Å²) in [5.74, 6) is -1.63. The summed E-state index contributed by atoms with van der Waals surface area (Å²) >= 11 is 6.40. The Kier molecular flexibility index (Phi) is 9.30. The Labute approximate surface area is 279 Å². The molecule has 2 amide bonds. The van der Waals surface area contributed by atoms with Crippen LogP contribution in [0.15, 0.2) is 72.8 Å². The number of carbonyl (C=O) groups excluding carboxylic acids is 2. The lowest BCUT2D eigenvalue weighted by Gasteiger charge is -2.41. The minimum absolute atomic E-state index is 0.0628. The SMILES string of the molecule is CN1C/C=C\CCCCN2C[C@@]3(CCCc4cc(Cl)ccc43)COc3ccc(cc32)C(O)(C(=O)Nc2ccc(C(=O)O)cc2)CC1=O. The summed E-state index contributed by atoms with van der Waals surface area (Å²) in [6.07, 6.45) is 9.21. The van der Waals surface area contributed by atoms with E-state index in [1.165, 1.54) is 40.3 Å². The second-order valence-corrected chi connectivity index (χ2v) is 13.4. The second-order valence-electron chi connectivity index (χ2n) is 12.9. The van der Waals surface area contributed by atoms with Crippen LogP contribution < -0.4 is 15.0 Å². The number of aryl methyl sites for hydroxylation is 1. The third kappa shape index (κ3) is 6.73. The smallest absolute Gasteiger partial charge is 0.335 e. The molecule has 246 valence electrons. The molecule has 3 aliphatic rings. The van der Waals surface area contributed by atoms with Gasteiger partial charge in [-0.15, -0.1) is 0 Å². The summed E-state index contributed by atoms with van der Waals surface area (Å²) in [6, 6.07) is 17.0. The number of nitrogens with one attached hydrogen (secondary N) is 1. The summed E-state index contributed by atoms with van der Waals surface area (Å²) in [5, 5.41) is 25.0. The number of aliphatic hydroxyl groups is 1. The number of carboxylic acids is 1. The first-order valence-electron chi connectivity index (χ1n) is 16.2. The lowest BCUT2D eigenvalue weighted by Crippen LogP contribution is -2.46. The number of amides is 2. The monoisotopic (exact) mass is 657 g/mol. The molecule has 3 aromatic carbocycles. The van der Waals surface area contributed by atoms with Gasteiger partial charge in [-0.05, 0) is 104 Å². The number of rotatable bonds is 3. The highest BCUT2D eigenvalue weighted by Gasteiger charge is 2.44. The van der Waals surface area contributed by atoms with E-state index < -0.39 is 29.8 Å². The maximum absolute atomic E-state index is 14.0. The van der Waals surface area contributed by atoms with Gasteiger partial charge in [0.1, 0.15) is 5.75 Å². The van der Waals surface area contributed by atoms with E-state index in [2.05, 4.69) is 28.4 Å². The molecule has 2 bridgehead atoms. The molecule has 0 saturated heterocycles. The highest BCUT2D eigenvalue weighted by atomic mass is 35.5. The van der Waals surface area contributed by atoms with Crippen LogP contribution in [0, 0.1) is 0 Å². The number of carboxylic acid groups (broad SMARTS) is 1. The van der Waals surface area contributed by atoms with Crippen molar-refractivity contribution in [2.75, 3.05) is 43.5 Å². The van der Waals surface area contributed by atoms with Crippen molar-refractivity contribution < 1.29 is 29.3 Å². The van der Waals surface area contributed by atoms with Gasteiger partial charge in [-0.3, -0.25) is 9.59 Å². The van der Waals surface area contributed by atoms with Gasteiger partial charge in [-0.2, -0.15) is 0 Å². The van der Waals surface area contributed by atoms with E-state index in [1.807, 2.05) is 12.1 Å². The molecule has 1 unspecified atom stereocenters. The molecule has 9 nitrogen and oxygen atoms in total. The maximum atomic E-state index is 14.0. The van der Waals surface area contributed by atoms with Crippen LogP contribution in [0.1, 0.15) is 65.6 Å². The van der Waals surface area contributed by atoms with Gasteiger partial charge in [0.25, 0.3) is 5.91 Å². The van der Waals surface area contributed by atoms with E-state index in [0.29, 0.717) is 31.1 Å². The molecule has 6 rings (SSSR count). The average Bonchev–Trinajstić information content (AvgIpc) is 3.20. The number of fused-ring (bicyclic) bond motifs is 3. The maximum Gasteiger partial charge on any atom is 0.335 e. The summed E-state index contributed by atoms with van der Waals surface area (Å²) in [6.45, 7) is 2.27. The lowest BCUT2D eigenvalue weighted by atomic mass is 9.70. The van der Waals surface area contributed by atoms with Gasteiger partial charge in [-0.1, -0.05) is 35.9 Å². The second kappa shape index (κ2) is 13.4. The molecule has 0 radical (unpaired) electrons. The molecule has 1 spiro atoms. The van der Waals surface area contributed by atoms with Gasteiger partial charge >= 0.3 is 5.97 Å². The number of hydrogen-bond donors (Lipinski definition) is 3. The Hall–Kier alpha value is -4.34. The molecule has 10 heteroatoms. The average molecular weight is 658 g/mol. The van der Waals surface area contributed by atoms with Gasteiger partial charge in [0.15, 0.2) is 5.60 Å². The summed E-state index contributed by atoms with van der Waals surface area (Å²) in [7, 11) is 1.65. The van der Waals surface area contributed by atoms with Crippen molar-refractivity contribution in [3.63, 3.8) is 0 Å². The van der Waals surface area contributed by atoms with Gasteiger partial charge in [0.05, 0.1) is 24.3 Å². The van der Waals surface area contributed by atoms with Crippen molar-refractivity contribution in [3.05, 3.63) is 100 Å². The van der Waals surface area contributed by atoms with Gasteiger partial charge in [-0.25, -0.2) is 4.79 Å². The number of likely N-dealkylation sites (N-methyl/N-ethyl adjacent to an activating group) is 1. The van der Waals surface area contributed by atoms with E-state index in [-0.39, 0.29) is 16.5 Å². The fourth-order valence-corrected chi connectivity index (χ4v) is 7.22. The lowest BCUT2D eigenvalue weighted by molar-refractivity contribution is -0.145. The van der Waals surface area contributed by atoms with E-state index in [4.69, 9.17) is 16.3 Å². The first-order chi connectivity index (χ1) is 22.6. The number of allylic oxidation sites excluding steroid dienone is 1. The third-order valence-electron chi connectivity index (χ3n) is 9.71. The Balaban J connectivity index is 1.41. The number of nitrogens with zero attached hydrogens (tertiary/aromatic N) is 2. The zero-order chi connectivity index (χ0) is 33.2. The largest absolute Gasteiger partial charge is 0.490 e. The predicted molar refractivity (Wildman–Crippen MR) is 181 cm³/mol. The highest BCUT2D eigenvalue weighted by Crippen LogP contribution is 2.45. The van der Waals surface area contributed by atoms with Gasteiger partial charge < -0.3 is 30.1 Å². The van der Waals surface area contributed by atoms with Crippen LogP contribution in [0.25, 0.3) is 0 Å². The number of halogens is 1. The van der Waals surface area contributed by atoms with E-state index in [1.54, 1.807) is 25.2 Å². The standard InChI is InChI=1S/C37H40ClN3O6/c1-40-18-5-3-2-4-6-19-41-23-36(17-7-8-26-20-28(38)12-15-30(26)36)24-47-32-16-11-27(21-31(32)41)37(46,22-33(40)42)35(45)39-29-13-9-25(10-14-29)34(43)44/h3,5,9-16,20-21,46H,2,4,6-8,17-19,22-24H2,1H3,(H,39,45)(H,43,44)/b5-3-/t36-,37?/m0/s1. The Morgan fingerprint density at radius 3 is 2.60 bits per heavy atom. The molecule has 47 heavy (non-hydrogen) atoms. The van der Waals surface area contributed by atoms with Crippen LogP contribution in [0.2, 0.25) is 5.02 Å². The minimum atomic E-state index is -2.24. The van der Waals surface area contributed by atoms with Crippen molar-refractivity contribution in [2.24, 2.45) is 0 Å². The Morgan fingerprint density at radius 1 is 1.00 bits per heavy atom. The summed E-state index contributed by atoms with van der Waals surface area (Å²) in [4.78, 5) is 42.6. The van der Waals surface area contributed by atoms with Crippen LogP contribution >= 0.6 is 11.6 Å². The van der Waals surface area contributed by atoms with E-state index >= 15 is 0 Å². The van der Waals surface area contributed by atoms with Crippen LogP contribution in [0.3, 0.4) is 0 Å². The Morgan fingerprint density at radius 2 is 1.81 bits per heavy atom. The van der Waals surface area contributed by atoms with E-state index in [9.17, 15) is 24.6 Å². The quantitative estimate of drug-likeness (QED) is 0.299. The molecule has 3 aromatic rings. The molecule has 1 aliphatic carbocycles. The third-order valence-corrected chi connectivity index (χ3v) is 9.94. The van der Waals surface area contributed by atoms with Crippen LogP contribution in [0.5, 0.6) is 5.75 Å². The highest BCUT2D eigenvalue weighted by molar-refractivity contribution is 6.30. The molecular formula is C37H40ClN3O6. The van der Waals surface area contributed by atoms with Crippen molar-refractivity contribution in [1.29, 1.82) is 0 Å². The number of ether oxygens (including phenoxy) is 1. The number of anilines is 2. The van der Waals surface area contributed by atoms with Crippen molar-refractivity contribution in [1.82, 2.24) is 4.90 Å². The molecule has 2 atom stereocenters. The van der Waals surface area contributed by atoms with Gasteiger partial charge in [0.2, 0.25) is 5.91 Å². The number of aromatic carboxylic acids is 1. The van der Waals surface area contributed by atoms with Crippen LogP contribution in [-0.2, 0) is 27.0 Å². The number of hydrogen-bond acceptors (Lipinski definition) is 6. The molecule has 2 heterocycles. The first kappa shape index (κ1) is 32.6. The molecule has 2 aliphatic heterocycles. The Bertz CT molecular complexity index is 1710. The number of carbonyl (C=O) groups is 3. The first-order valence-corrected chi connectivity index (χ1v) is 16.5. The minimum Gasteiger partial charge on any atom is -0.490 e. The van der Waals surface area contributed by atoms with Crippen LogP contribution in [0.4, 0.5) is 11.4 Å². The van der Waals surface area contributed by atoms with E-state index in [0.717, 1.165) is 55.8 Å². The fourth-order valence-electron chi connectivity index (χ4n) is 7.02. The zero-order valence-electron chi connectivity index (χ0n) is 26.5. The molecule has 0 aromatic heterocycles. The fraction of sp³-hybridized carbons (Fsp3) is 0.378. The van der Waals surface area contributed by atoms with Crippen LogP contribution in [-0.4, -0.2) is 66.2 Å². The van der Waals surface area contributed by atoms with Gasteiger partial charge in [0, 0.05) is 42.8 Å². The predicted octanol–water partition coefficient (Wildman–Crippen LogP) is 5.93. The van der Waals surface area contributed by atoms with Crippen molar-refractivity contribution in [3.8, 4) is 5.75 Å². The molecular weight excluding hydrogens is 618 g/mol. The normalized spacial score (nSPS) is 23.9. The molecule has 0 fully saturated rings. The summed E-state index contributed by atoms with van der Waals surface area (Å²) < 4.78 is 6.58. The molecule has 3 N–H and O–H groups in total. The number of benzene rings is 3. The zero-order valence-corrected chi connectivity index (χ0v) is 27.3. The van der Waals surface area contributed by atoms with Crippen molar-refractivity contribution in [2.45, 2.75) is 56.0 Å². The van der Waals surface area contributed by atoms with Crippen molar-refractivity contribution >= 4 is 40.8 Å². The molecule has 0 saturated carbocycles.